The Morgan fingerprint density at radius 2 is 1.90 bits per heavy atom. The average molecular weight is 397 g/mol. The van der Waals surface area contributed by atoms with Crippen LogP contribution in [-0.4, -0.2) is 59.5 Å². The molecule has 2 fully saturated rings. The Bertz CT molecular complexity index is 307. The summed E-state index contributed by atoms with van der Waals surface area (Å²) < 4.78 is 0. The van der Waals surface area contributed by atoms with Gasteiger partial charge in [0, 0.05) is 32.1 Å². The zero-order chi connectivity index (χ0) is 13.7. The van der Waals surface area contributed by atoms with Gasteiger partial charge in [0.25, 0.3) is 0 Å². The first-order chi connectivity index (χ1) is 9.20. The third-order valence-electron chi connectivity index (χ3n) is 4.19. The molecule has 0 amide bonds. The minimum Gasteiger partial charge on any atom is -0.393 e. The summed E-state index contributed by atoms with van der Waals surface area (Å²) in [6, 6.07) is 0. The Labute approximate surface area is 138 Å². The van der Waals surface area contributed by atoms with E-state index in [1.54, 1.807) is 0 Å². The molecule has 2 unspecified atom stereocenters. The van der Waals surface area contributed by atoms with Gasteiger partial charge in [-0.25, -0.2) is 0 Å². The number of hydrogen-bond donors (Lipinski definition) is 3. The normalized spacial score (nSPS) is 28.4. The van der Waals surface area contributed by atoms with Crippen molar-refractivity contribution in [3.05, 3.63) is 0 Å². The third-order valence-corrected chi connectivity index (χ3v) is 4.19. The molecule has 6 heteroatoms. The fraction of sp³-hybridized carbons (Fsp3) is 0.929. The van der Waals surface area contributed by atoms with Gasteiger partial charge in [-0.1, -0.05) is 6.42 Å². The summed E-state index contributed by atoms with van der Waals surface area (Å²) in [6.45, 7) is 5.35. The van der Waals surface area contributed by atoms with Crippen molar-refractivity contribution in [3.63, 3.8) is 0 Å². The maximum Gasteiger partial charge on any atom is 0.193 e. The molecule has 118 valence electrons. The highest BCUT2D eigenvalue weighted by Crippen LogP contribution is 2.25. The Kier molecular flexibility index (Phi) is 8.13. The molecule has 1 heterocycles. The predicted molar refractivity (Wildman–Crippen MR) is 91.6 cm³/mol. The van der Waals surface area contributed by atoms with Crippen LogP contribution in [0.3, 0.4) is 0 Å². The lowest BCUT2D eigenvalue weighted by Gasteiger charge is -2.32. The number of likely N-dealkylation sites (tertiary alicyclic amines) is 1. The second kappa shape index (κ2) is 9.04. The minimum atomic E-state index is -0.171. The van der Waals surface area contributed by atoms with Crippen molar-refractivity contribution < 1.29 is 10.2 Å². The molecule has 1 aliphatic carbocycles. The Balaban J connectivity index is 0.00000200. The van der Waals surface area contributed by atoms with E-state index in [-0.39, 0.29) is 36.2 Å². The van der Waals surface area contributed by atoms with E-state index in [9.17, 15) is 10.2 Å². The van der Waals surface area contributed by atoms with Gasteiger partial charge in [-0.15, -0.1) is 24.0 Å². The van der Waals surface area contributed by atoms with Gasteiger partial charge in [-0.05, 0) is 32.6 Å². The van der Waals surface area contributed by atoms with Crippen LogP contribution in [0.5, 0.6) is 0 Å². The molecule has 0 bridgehead atoms. The van der Waals surface area contributed by atoms with Crippen molar-refractivity contribution in [3.8, 4) is 0 Å². The molecular formula is C14H28IN3O2. The summed E-state index contributed by atoms with van der Waals surface area (Å²) in [5, 5.41) is 22.7. The van der Waals surface area contributed by atoms with E-state index >= 15 is 0 Å². The Morgan fingerprint density at radius 3 is 2.45 bits per heavy atom. The molecule has 1 saturated heterocycles. The summed E-state index contributed by atoms with van der Waals surface area (Å²) in [6.07, 6.45) is 4.43. The van der Waals surface area contributed by atoms with E-state index in [0.717, 1.165) is 57.7 Å². The summed E-state index contributed by atoms with van der Waals surface area (Å²) in [4.78, 5) is 6.90. The van der Waals surface area contributed by atoms with Crippen molar-refractivity contribution in [1.29, 1.82) is 0 Å². The van der Waals surface area contributed by atoms with Crippen LogP contribution in [0, 0.1) is 5.92 Å². The first kappa shape index (κ1) is 18.0. The van der Waals surface area contributed by atoms with Gasteiger partial charge >= 0.3 is 0 Å². The van der Waals surface area contributed by atoms with E-state index in [0.29, 0.717) is 12.5 Å². The van der Waals surface area contributed by atoms with Crippen molar-refractivity contribution in [2.75, 3.05) is 26.2 Å². The first-order valence-electron chi connectivity index (χ1n) is 7.60. The van der Waals surface area contributed by atoms with Crippen LogP contribution >= 0.6 is 24.0 Å². The predicted octanol–water partition coefficient (Wildman–Crippen LogP) is 1.19. The van der Waals surface area contributed by atoms with Gasteiger partial charge in [0.05, 0.1) is 12.2 Å². The fourth-order valence-electron chi connectivity index (χ4n) is 2.94. The average Bonchev–Trinajstić information content (AvgIpc) is 2.81. The lowest BCUT2D eigenvalue weighted by Crippen LogP contribution is -2.46. The van der Waals surface area contributed by atoms with Crippen molar-refractivity contribution in [2.24, 2.45) is 10.9 Å². The van der Waals surface area contributed by atoms with Crippen molar-refractivity contribution >= 4 is 29.9 Å². The van der Waals surface area contributed by atoms with Gasteiger partial charge in [0.2, 0.25) is 0 Å². The molecule has 3 N–H and O–H groups in total. The van der Waals surface area contributed by atoms with Crippen LogP contribution in [0.2, 0.25) is 0 Å². The fourth-order valence-corrected chi connectivity index (χ4v) is 2.94. The molecule has 2 atom stereocenters. The van der Waals surface area contributed by atoms with Gasteiger partial charge < -0.3 is 20.4 Å². The SMILES string of the molecule is CCNC(=NCC1CCCC1O)N1CCC(O)CC1.I. The maximum absolute atomic E-state index is 9.84. The van der Waals surface area contributed by atoms with Crippen molar-refractivity contribution in [2.45, 2.75) is 51.2 Å². The molecule has 0 aromatic carbocycles. The monoisotopic (exact) mass is 397 g/mol. The number of piperidine rings is 1. The smallest absolute Gasteiger partial charge is 0.193 e. The number of aliphatic hydroxyl groups excluding tert-OH is 2. The number of hydrogen-bond acceptors (Lipinski definition) is 3. The van der Waals surface area contributed by atoms with Crippen molar-refractivity contribution in [1.82, 2.24) is 10.2 Å². The van der Waals surface area contributed by atoms with Gasteiger partial charge in [-0.2, -0.15) is 0 Å². The van der Waals surface area contributed by atoms with Crippen LogP contribution in [0.4, 0.5) is 0 Å². The molecule has 2 rings (SSSR count). The number of rotatable bonds is 3. The van der Waals surface area contributed by atoms with Crippen LogP contribution in [0.25, 0.3) is 0 Å². The molecule has 0 aromatic rings. The largest absolute Gasteiger partial charge is 0.393 e. The maximum atomic E-state index is 9.84. The number of aliphatic imine (C=N–C) groups is 1. The first-order valence-corrected chi connectivity index (χ1v) is 7.60. The second-order valence-corrected chi connectivity index (χ2v) is 5.67. The van der Waals surface area contributed by atoms with Crippen LogP contribution < -0.4 is 5.32 Å². The summed E-state index contributed by atoms with van der Waals surface area (Å²) in [5.74, 6) is 1.26. The molecule has 2 aliphatic rings. The van der Waals surface area contributed by atoms with Gasteiger partial charge in [0.15, 0.2) is 5.96 Å². The zero-order valence-electron chi connectivity index (χ0n) is 12.3. The van der Waals surface area contributed by atoms with E-state index < -0.39 is 0 Å². The minimum absolute atomic E-state index is 0. The molecule has 0 radical (unpaired) electrons. The number of guanidine groups is 1. The van der Waals surface area contributed by atoms with Gasteiger partial charge in [-0.3, -0.25) is 4.99 Å². The Morgan fingerprint density at radius 1 is 1.20 bits per heavy atom. The molecule has 1 aliphatic heterocycles. The van der Waals surface area contributed by atoms with E-state index in [1.165, 1.54) is 0 Å². The summed E-state index contributed by atoms with van der Waals surface area (Å²) >= 11 is 0. The van der Waals surface area contributed by atoms with E-state index in [2.05, 4.69) is 22.1 Å². The number of nitrogens with zero attached hydrogens (tertiary/aromatic N) is 2. The number of halogens is 1. The van der Waals surface area contributed by atoms with E-state index in [4.69, 9.17) is 0 Å². The van der Waals surface area contributed by atoms with Gasteiger partial charge in [0.1, 0.15) is 0 Å². The van der Waals surface area contributed by atoms with Crippen LogP contribution in [-0.2, 0) is 0 Å². The molecular weight excluding hydrogens is 369 g/mol. The zero-order valence-corrected chi connectivity index (χ0v) is 14.6. The molecule has 0 aromatic heterocycles. The Hall–Kier alpha value is -0.0800. The quantitative estimate of drug-likeness (QED) is 0.380. The standard InChI is InChI=1S/C14H27N3O2.HI/c1-2-15-14(17-8-6-12(18)7-9-17)16-10-11-4-3-5-13(11)19;/h11-13,18-19H,2-10H2,1H3,(H,15,16);1H. The number of aliphatic hydroxyl groups is 2. The molecule has 20 heavy (non-hydrogen) atoms. The lowest BCUT2D eigenvalue weighted by molar-refractivity contribution is 0.107. The topological polar surface area (TPSA) is 68.1 Å². The lowest BCUT2D eigenvalue weighted by atomic mass is 10.1. The third kappa shape index (κ3) is 5.04. The highest BCUT2D eigenvalue weighted by Gasteiger charge is 2.25. The molecule has 1 saturated carbocycles. The second-order valence-electron chi connectivity index (χ2n) is 5.67. The molecule has 0 spiro atoms. The van der Waals surface area contributed by atoms with Crippen LogP contribution in [0.15, 0.2) is 4.99 Å². The highest BCUT2D eigenvalue weighted by atomic mass is 127. The van der Waals surface area contributed by atoms with E-state index in [1.807, 2.05) is 0 Å². The summed E-state index contributed by atoms with van der Waals surface area (Å²) in [5.41, 5.74) is 0. The van der Waals surface area contributed by atoms with Crippen LogP contribution in [0.1, 0.15) is 39.0 Å². The highest BCUT2D eigenvalue weighted by molar-refractivity contribution is 14.0. The summed E-state index contributed by atoms with van der Waals surface area (Å²) in [7, 11) is 0. The number of nitrogens with one attached hydrogen (secondary N) is 1. The molecule has 5 nitrogen and oxygen atoms in total.